The lowest BCUT2D eigenvalue weighted by Crippen LogP contribution is -2.07. The van der Waals surface area contributed by atoms with Gasteiger partial charge in [0.2, 0.25) is 0 Å². The van der Waals surface area contributed by atoms with Crippen molar-refractivity contribution in [2.45, 2.75) is 13.3 Å². The SMILES string of the molecule is CCOC(=O)Cc1oc2ccc3ccccc3c2c1-c1ccc(OC)cc1. The minimum absolute atomic E-state index is 0.0954. The lowest BCUT2D eigenvalue weighted by molar-refractivity contribution is -0.142. The van der Waals surface area contributed by atoms with Crippen LogP contribution in [0.25, 0.3) is 32.9 Å². The van der Waals surface area contributed by atoms with Crippen LogP contribution in [0.2, 0.25) is 0 Å². The Morgan fingerprint density at radius 2 is 1.78 bits per heavy atom. The normalized spacial score (nSPS) is 11.0. The third-order valence-corrected chi connectivity index (χ3v) is 4.64. The third kappa shape index (κ3) is 3.14. The van der Waals surface area contributed by atoms with E-state index in [2.05, 4.69) is 12.1 Å². The van der Waals surface area contributed by atoms with E-state index in [1.807, 2.05) is 48.5 Å². The number of hydrogen-bond acceptors (Lipinski definition) is 4. The average Bonchev–Trinajstić information content (AvgIpc) is 3.06. The predicted molar refractivity (Wildman–Crippen MR) is 106 cm³/mol. The smallest absolute Gasteiger partial charge is 0.313 e. The van der Waals surface area contributed by atoms with E-state index in [9.17, 15) is 4.79 Å². The number of ether oxygens (including phenoxy) is 2. The fraction of sp³-hybridized carbons (Fsp3) is 0.174. The Balaban J connectivity index is 1.98. The van der Waals surface area contributed by atoms with Crippen LogP contribution in [0, 0.1) is 0 Å². The van der Waals surface area contributed by atoms with Crippen molar-refractivity contribution in [3.8, 4) is 16.9 Å². The van der Waals surface area contributed by atoms with Crippen LogP contribution in [0.1, 0.15) is 12.7 Å². The quantitative estimate of drug-likeness (QED) is 0.449. The van der Waals surface area contributed by atoms with Crippen LogP contribution in [0.3, 0.4) is 0 Å². The van der Waals surface area contributed by atoms with Crippen molar-refractivity contribution in [3.63, 3.8) is 0 Å². The van der Waals surface area contributed by atoms with Gasteiger partial charge in [0.15, 0.2) is 0 Å². The molecule has 0 N–H and O–H groups in total. The van der Waals surface area contributed by atoms with Crippen molar-refractivity contribution in [3.05, 3.63) is 66.4 Å². The first kappa shape index (κ1) is 17.2. The van der Waals surface area contributed by atoms with Crippen molar-refractivity contribution in [1.29, 1.82) is 0 Å². The van der Waals surface area contributed by atoms with Gasteiger partial charge in [-0.05, 0) is 41.5 Å². The Labute approximate surface area is 157 Å². The molecule has 0 fully saturated rings. The fourth-order valence-corrected chi connectivity index (χ4v) is 3.45. The molecule has 0 saturated carbocycles. The Bertz CT molecular complexity index is 1110. The van der Waals surface area contributed by atoms with Crippen LogP contribution < -0.4 is 4.74 Å². The minimum atomic E-state index is -0.296. The van der Waals surface area contributed by atoms with Gasteiger partial charge in [0, 0.05) is 10.9 Å². The number of rotatable bonds is 5. The topological polar surface area (TPSA) is 48.7 Å². The zero-order chi connectivity index (χ0) is 18.8. The summed E-state index contributed by atoms with van der Waals surface area (Å²) >= 11 is 0. The molecule has 1 aromatic heterocycles. The van der Waals surface area contributed by atoms with E-state index in [0.717, 1.165) is 38.6 Å². The van der Waals surface area contributed by atoms with Gasteiger partial charge in [-0.2, -0.15) is 0 Å². The summed E-state index contributed by atoms with van der Waals surface area (Å²) in [4.78, 5) is 12.1. The molecule has 4 aromatic rings. The first-order chi connectivity index (χ1) is 13.2. The molecular weight excluding hydrogens is 340 g/mol. The maximum atomic E-state index is 12.1. The Morgan fingerprint density at radius 3 is 2.52 bits per heavy atom. The lowest BCUT2D eigenvalue weighted by Gasteiger charge is -2.07. The first-order valence-electron chi connectivity index (χ1n) is 8.94. The first-order valence-corrected chi connectivity index (χ1v) is 8.94. The molecule has 1 heterocycles. The third-order valence-electron chi connectivity index (χ3n) is 4.64. The maximum absolute atomic E-state index is 12.1. The van der Waals surface area contributed by atoms with Crippen molar-refractivity contribution in [2.75, 3.05) is 13.7 Å². The van der Waals surface area contributed by atoms with Crippen LogP contribution in [-0.2, 0) is 16.0 Å². The molecule has 136 valence electrons. The maximum Gasteiger partial charge on any atom is 0.313 e. The molecule has 27 heavy (non-hydrogen) atoms. The number of fused-ring (bicyclic) bond motifs is 3. The van der Waals surface area contributed by atoms with Gasteiger partial charge in [0.25, 0.3) is 0 Å². The van der Waals surface area contributed by atoms with Crippen molar-refractivity contribution < 1.29 is 18.7 Å². The molecule has 0 aliphatic heterocycles. The standard InChI is InChI=1S/C23H20O4/c1-3-26-21(24)14-20-22(16-8-11-17(25-2)12-9-16)23-18-7-5-4-6-15(18)10-13-19(23)27-20/h4-13H,3,14H2,1-2H3. The van der Waals surface area contributed by atoms with Crippen LogP contribution in [-0.4, -0.2) is 19.7 Å². The summed E-state index contributed by atoms with van der Waals surface area (Å²) in [6.45, 7) is 2.15. The molecule has 4 rings (SSSR count). The number of hydrogen-bond donors (Lipinski definition) is 0. The fourth-order valence-electron chi connectivity index (χ4n) is 3.45. The number of esters is 1. The largest absolute Gasteiger partial charge is 0.497 e. The summed E-state index contributed by atoms with van der Waals surface area (Å²) in [7, 11) is 1.64. The van der Waals surface area contributed by atoms with Gasteiger partial charge in [0.1, 0.15) is 23.5 Å². The van der Waals surface area contributed by atoms with Crippen LogP contribution in [0.15, 0.2) is 65.1 Å². The minimum Gasteiger partial charge on any atom is -0.497 e. The van der Waals surface area contributed by atoms with E-state index in [1.165, 1.54) is 0 Å². The lowest BCUT2D eigenvalue weighted by atomic mass is 9.96. The molecular formula is C23H20O4. The number of carbonyl (C=O) groups is 1. The summed E-state index contributed by atoms with van der Waals surface area (Å²) in [5.74, 6) is 1.10. The van der Waals surface area contributed by atoms with Gasteiger partial charge >= 0.3 is 5.97 Å². The van der Waals surface area contributed by atoms with Gasteiger partial charge in [-0.15, -0.1) is 0 Å². The van der Waals surface area contributed by atoms with Gasteiger partial charge in [0.05, 0.1) is 13.7 Å². The number of carbonyl (C=O) groups excluding carboxylic acids is 1. The van der Waals surface area contributed by atoms with E-state index < -0.39 is 0 Å². The Hall–Kier alpha value is -3.27. The van der Waals surface area contributed by atoms with Crippen LogP contribution in [0.5, 0.6) is 5.75 Å². The second-order valence-electron chi connectivity index (χ2n) is 6.27. The van der Waals surface area contributed by atoms with Gasteiger partial charge in [-0.25, -0.2) is 0 Å². The predicted octanol–water partition coefficient (Wildman–Crippen LogP) is 5.37. The number of benzene rings is 3. The molecule has 0 atom stereocenters. The number of methoxy groups -OCH3 is 1. The summed E-state index contributed by atoms with van der Waals surface area (Å²) < 4.78 is 16.5. The van der Waals surface area contributed by atoms with Crippen molar-refractivity contribution in [2.24, 2.45) is 0 Å². The van der Waals surface area contributed by atoms with E-state index in [1.54, 1.807) is 14.0 Å². The molecule has 0 radical (unpaired) electrons. The van der Waals surface area contributed by atoms with E-state index in [0.29, 0.717) is 12.4 Å². The highest BCUT2D eigenvalue weighted by molar-refractivity contribution is 6.13. The Kier molecular flexibility index (Phi) is 4.55. The van der Waals surface area contributed by atoms with E-state index in [4.69, 9.17) is 13.9 Å². The monoisotopic (exact) mass is 360 g/mol. The highest BCUT2D eigenvalue weighted by Crippen LogP contribution is 2.40. The zero-order valence-electron chi connectivity index (χ0n) is 15.3. The summed E-state index contributed by atoms with van der Waals surface area (Å²) in [5, 5.41) is 3.24. The molecule has 0 unspecified atom stereocenters. The average molecular weight is 360 g/mol. The molecule has 4 nitrogen and oxygen atoms in total. The highest BCUT2D eigenvalue weighted by Gasteiger charge is 2.21. The summed E-state index contributed by atoms with van der Waals surface area (Å²) in [6, 6.07) is 20.0. The van der Waals surface area contributed by atoms with Crippen molar-refractivity contribution >= 4 is 27.7 Å². The second-order valence-corrected chi connectivity index (χ2v) is 6.27. The molecule has 0 aliphatic carbocycles. The van der Waals surface area contributed by atoms with Crippen LogP contribution in [0.4, 0.5) is 0 Å². The van der Waals surface area contributed by atoms with E-state index in [-0.39, 0.29) is 12.4 Å². The Morgan fingerprint density at radius 1 is 1.00 bits per heavy atom. The molecule has 0 aliphatic rings. The molecule has 0 saturated heterocycles. The summed E-state index contributed by atoms with van der Waals surface area (Å²) in [6.07, 6.45) is 0.0954. The highest BCUT2D eigenvalue weighted by atomic mass is 16.5. The van der Waals surface area contributed by atoms with Gasteiger partial charge in [-0.1, -0.05) is 42.5 Å². The van der Waals surface area contributed by atoms with Crippen molar-refractivity contribution in [1.82, 2.24) is 0 Å². The van der Waals surface area contributed by atoms with Gasteiger partial charge < -0.3 is 13.9 Å². The summed E-state index contributed by atoms with van der Waals surface area (Å²) in [5.41, 5.74) is 2.67. The molecule has 0 spiro atoms. The van der Waals surface area contributed by atoms with E-state index >= 15 is 0 Å². The van der Waals surface area contributed by atoms with Crippen LogP contribution >= 0.6 is 0 Å². The molecule has 0 bridgehead atoms. The number of furan rings is 1. The second kappa shape index (κ2) is 7.16. The van der Waals surface area contributed by atoms with Gasteiger partial charge in [-0.3, -0.25) is 4.79 Å². The molecule has 0 amide bonds. The zero-order valence-corrected chi connectivity index (χ0v) is 15.3. The molecule has 3 aromatic carbocycles. The molecule has 4 heteroatoms.